The molecule has 2 heteroatoms. The molecule has 2 nitrogen and oxygen atoms in total. The van der Waals surface area contributed by atoms with Gasteiger partial charge in [-0.15, -0.1) is 0 Å². The van der Waals surface area contributed by atoms with E-state index in [1.165, 1.54) is 11.1 Å². The van der Waals surface area contributed by atoms with Crippen molar-refractivity contribution in [3.63, 3.8) is 0 Å². The van der Waals surface area contributed by atoms with Crippen LogP contribution in [0.15, 0.2) is 24.3 Å². The Hall–Kier alpha value is -0.860. The molecule has 1 aromatic carbocycles. The van der Waals surface area contributed by atoms with Crippen LogP contribution in [0.2, 0.25) is 0 Å². The molecule has 0 aromatic heterocycles. The van der Waals surface area contributed by atoms with Gasteiger partial charge in [0.25, 0.3) is 0 Å². The van der Waals surface area contributed by atoms with Crippen molar-refractivity contribution in [1.82, 2.24) is 5.32 Å². The third-order valence-electron chi connectivity index (χ3n) is 3.42. The molecule has 2 rings (SSSR count). The van der Waals surface area contributed by atoms with Crippen LogP contribution in [0.3, 0.4) is 0 Å². The SMILES string of the molecule is CC(C)c1ccc(COC2CCNCC2)cc1. The van der Waals surface area contributed by atoms with Gasteiger partial charge in [0.2, 0.25) is 0 Å². The first kappa shape index (κ1) is 12.6. The molecular weight excluding hydrogens is 210 g/mol. The van der Waals surface area contributed by atoms with Crippen molar-refractivity contribution in [2.24, 2.45) is 0 Å². The third kappa shape index (κ3) is 3.83. The van der Waals surface area contributed by atoms with Crippen LogP contribution in [0, 0.1) is 0 Å². The van der Waals surface area contributed by atoms with Gasteiger partial charge in [-0.2, -0.15) is 0 Å². The highest BCUT2D eigenvalue weighted by molar-refractivity contribution is 5.24. The second-order valence-corrected chi connectivity index (χ2v) is 5.16. The average molecular weight is 233 g/mol. The Kier molecular flexibility index (Phi) is 4.57. The van der Waals surface area contributed by atoms with Crippen LogP contribution in [0.1, 0.15) is 43.7 Å². The average Bonchev–Trinajstić information content (AvgIpc) is 2.38. The highest BCUT2D eigenvalue weighted by atomic mass is 16.5. The standard InChI is InChI=1S/C15H23NO/c1-12(2)14-5-3-13(4-6-14)11-17-15-7-9-16-10-8-15/h3-6,12,15-16H,7-11H2,1-2H3. The van der Waals surface area contributed by atoms with Crippen LogP contribution in [-0.4, -0.2) is 19.2 Å². The molecule has 0 spiro atoms. The molecule has 0 saturated carbocycles. The molecule has 0 atom stereocenters. The Labute approximate surface area is 104 Å². The summed E-state index contributed by atoms with van der Waals surface area (Å²) >= 11 is 0. The summed E-state index contributed by atoms with van der Waals surface area (Å²) in [6.07, 6.45) is 2.73. The van der Waals surface area contributed by atoms with Crippen LogP contribution in [0.5, 0.6) is 0 Å². The zero-order valence-corrected chi connectivity index (χ0v) is 10.9. The first-order valence-electron chi connectivity index (χ1n) is 6.67. The fourth-order valence-corrected chi connectivity index (χ4v) is 2.17. The second-order valence-electron chi connectivity index (χ2n) is 5.16. The van der Waals surface area contributed by atoms with Gasteiger partial charge in [-0.3, -0.25) is 0 Å². The minimum absolute atomic E-state index is 0.445. The summed E-state index contributed by atoms with van der Waals surface area (Å²) in [5.41, 5.74) is 2.68. The number of ether oxygens (including phenoxy) is 1. The summed E-state index contributed by atoms with van der Waals surface area (Å²) in [4.78, 5) is 0. The van der Waals surface area contributed by atoms with Gasteiger partial charge in [-0.1, -0.05) is 38.1 Å². The van der Waals surface area contributed by atoms with E-state index >= 15 is 0 Å². The molecule has 94 valence electrons. The summed E-state index contributed by atoms with van der Waals surface area (Å²) in [6.45, 7) is 7.39. The van der Waals surface area contributed by atoms with E-state index in [9.17, 15) is 0 Å². The van der Waals surface area contributed by atoms with Crippen LogP contribution < -0.4 is 5.32 Å². The maximum atomic E-state index is 5.93. The van der Waals surface area contributed by atoms with Gasteiger partial charge in [0, 0.05) is 0 Å². The van der Waals surface area contributed by atoms with E-state index < -0.39 is 0 Å². The maximum absolute atomic E-state index is 5.93. The molecule has 1 aliphatic heterocycles. The van der Waals surface area contributed by atoms with Gasteiger partial charge >= 0.3 is 0 Å². The number of piperidine rings is 1. The second kappa shape index (κ2) is 6.18. The molecule has 17 heavy (non-hydrogen) atoms. The Balaban J connectivity index is 1.82. The quantitative estimate of drug-likeness (QED) is 0.863. The highest BCUT2D eigenvalue weighted by Gasteiger charge is 2.12. The lowest BCUT2D eigenvalue weighted by Crippen LogP contribution is -2.32. The van der Waals surface area contributed by atoms with Crippen molar-refractivity contribution in [3.8, 4) is 0 Å². The molecule has 1 heterocycles. The predicted molar refractivity (Wildman–Crippen MR) is 71.2 cm³/mol. The zero-order valence-electron chi connectivity index (χ0n) is 10.9. The number of benzene rings is 1. The molecule has 0 aliphatic carbocycles. The molecule has 0 radical (unpaired) electrons. The first-order chi connectivity index (χ1) is 8.25. The van der Waals surface area contributed by atoms with Gasteiger partial charge in [0.1, 0.15) is 0 Å². The van der Waals surface area contributed by atoms with Crippen molar-refractivity contribution in [2.75, 3.05) is 13.1 Å². The fourth-order valence-electron chi connectivity index (χ4n) is 2.17. The van der Waals surface area contributed by atoms with Crippen LogP contribution in [0.4, 0.5) is 0 Å². The van der Waals surface area contributed by atoms with E-state index in [0.29, 0.717) is 12.0 Å². The molecule has 1 saturated heterocycles. The zero-order chi connectivity index (χ0) is 12.1. The van der Waals surface area contributed by atoms with Crippen molar-refractivity contribution in [3.05, 3.63) is 35.4 Å². The van der Waals surface area contributed by atoms with Gasteiger partial charge in [-0.25, -0.2) is 0 Å². The summed E-state index contributed by atoms with van der Waals surface area (Å²) < 4.78 is 5.93. The fraction of sp³-hybridized carbons (Fsp3) is 0.600. The number of nitrogens with one attached hydrogen (secondary N) is 1. The lowest BCUT2D eigenvalue weighted by molar-refractivity contribution is 0.0212. The van der Waals surface area contributed by atoms with Crippen molar-refractivity contribution >= 4 is 0 Å². The molecule has 1 aromatic rings. The molecule has 1 aliphatic rings. The van der Waals surface area contributed by atoms with E-state index in [2.05, 4.69) is 43.4 Å². The van der Waals surface area contributed by atoms with Crippen molar-refractivity contribution < 1.29 is 4.74 Å². The minimum atomic E-state index is 0.445. The van der Waals surface area contributed by atoms with Gasteiger partial charge in [0.05, 0.1) is 12.7 Å². The Bertz CT molecular complexity index is 325. The third-order valence-corrected chi connectivity index (χ3v) is 3.42. The van der Waals surface area contributed by atoms with Crippen LogP contribution >= 0.6 is 0 Å². The smallest absolute Gasteiger partial charge is 0.0720 e. The van der Waals surface area contributed by atoms with Crippen LogP contribution in [-0.2, 0) is 11.3 Å². The van der Waals surface area contributed by atoms with E-state index in [0.717, 1.165) is 32.5 Å². The summed E-state index contributed by atoms with van der Waals surface area (Å²) in [5.74, 6) is 0.606. The van der Waals surface area contributed by atoms with E-state index in [4.69, 9.17) is 4.74 Å². The molecule has 0 bridgehead atoms. The topological polar surface area (TPSA) is 21.3 Å². The monoisotopic (exact) mass is 233 g/mol. The Morgan fingerprint density at radius 3 is 2.41 bits per heavy atom. The lowest BCUT2D eigenvalue weighted by Gasteiger charge is -2.23. The first-order valence-corrected chi connectivity index (χ1v) is 6.67. The molecular formula is C15H23NO. The van der Waals surface area contributed by atoms with Crippen molar-refractivity contribution in [1.29, 1.82) is 0 Å². The number of hydrogen-bond donors (Lipinski definition) is 1. The molecule has 1 N–H and O–H groups in total. The Morgan fingerprint density at radius 1 is 1.18 bits per heavy atom. The van der Waals surface area contributed by atoms with Crippen molar-refractivity contribution in [2.45, 2.75) is 45.3 Å². The largest absolute Gasteiger partial charge is 0.373 e. The summed E-state index contributed by atoms with van der Waals surface area (Å²) in [6, 6.07) is 8.81. The number of rotatable bonds is 4. The normalized spacial score (nSPS) is 17.6. The van der Waals surface area contributed by atoms with E-state index in [1.807, 2.05) is 0 Å². The van der Waals surface area contributed by atoms with Gasteiger partial charge < -0.3 is 10.1 Å². The van der Waals surface area contributed by atoms with Crippen LogP contribution in [0.25, 0.3) is 0 Å². The summed E-state index contributed by atoms with van der Waals surface area (Å²) in [5, 5.41) is 3.35. The van der Waals surface area contributed by atoms with E-state index in [-0.39, 0.29) is 0 Å². The van der Waals surface area contributed by atoms with Gasteiger partial charge in [-0.05, 0) is 43.0 Å². The highest BCUT2D eigenvalue weighted by Crippen LogP contribution is 2.16. The molecule has 0 unspecified atom stereocenters. The maximum Gasteiger partial charge on any atom is 0.0720 e. The predicted octanol–water partition coefficient (Wildman–Crippen LogP) is 3.08. The lowest BCUT2D eigenvalue weighted by atomic mass is 10.0. The minimum Gasteiger partial charge on any atom is -0.373 e. The molecule has 0 amide bonds. The summed E-state index contributed by atoms with van der Waals surface area (Å²) in [7, 11) is 0. The molecule has 1 fully saturated rings. The van der Waals surface area contributed by atoms with Gasteiger partial charge in [0.15, 0.2) is 0 Å². The van der Waals surface area contributed by atoms with E-state index in [1.54, 1.807) is 0 Å². The number of hydrogen-bond acceptors (Lipinski definition) is 2. The Morgan fingerprint density at radius 2 is 1.82 bits per heavy atom.